The monoisotopic (exact) mass is 194 g/mol. The number of hydrogen-bond acceptors (Lipinski definition) is 2. The van der Waals surface area contributed by atoms with Gasteiger partial charge < -0.3 is 0 Å². The van der Waals surface area contributed by atoms with Crippen LogP contribution in [0.4, 0.5) is 0 Å². The van der Waals surface area contributed by atoms with Crippen molar-refractivity contribution in [2.75, 3.05) is 5.75 Å². The minimum Gasteiger partial charge on any atom is -0.300 e. The Kier molecular flexibility index (Phi) is 4.03. The quantitative estimate of drug-likeness (QED) is 0.685. The maximum Gasteiger partial charge on any atom is 0.133 e. The Bertz CT molecular complexity index is 269. The predicted octanol–water partition coefficient (Wildman–Crippen LogP) is 3.00. The Morgan fingerprint density at radius 2 is 2.00 bits per heavy atom. The summed E-state index contributed by atoms with van der Waals surface area (Å²) in [7, 11) is 0. The third-order valence-corrected chi connectivity index (χ3v) is 3.21. The number of carbonyl (C=O) groups is 1. The molecule has 0 N–H and O–H groups in total. The van der Waals surface area contributed by atoms with Gasteiger partial charge in [0, 0.05) is 16.6 Å². The van der Waals surface area contributed by atoms with E-state index >= 15 is 0 Å². The van der Waals surface area contributed by atoms with Crippen LogP contribution in [-0.2, 0) is 4.79 Å². The van der Waals surface area contributed by atoms with Crippen LogP contribution in [0.5, 0.6) is 0 Å². The van der Waals surface area contributed by atoms with Gasteiger partial charge in [-0.05, 0) is 19.1 Å². The molecule has 0 aliphatic heterocycles. The molecule has 1 rings (SSSR count). The first-order chi connectivity index (χ1) is 6.20. The normalized spacial score (nSPS) is 12.5. The zero-order valence-corrected chi connectivity index (χ0v) is 8.80. The number of Topliss-reactive ketones (excluding diaryl/α,β-unsaturated/α-hetero) is 1. The summed E-state index contributed by atoms with van der Waals surface area (Å²) in [6.07, 6.45) is 0. The van der Waals surface area contributed by atoms with E-state index in [1.165, 1.54) is 4.90 Å². The van der Waals surface area contributed by atoms with Gasteiger partial charge in [-0.25, -0.2) is 0 Å². The smallest absolute Gasteiger partial charge is 0.133 e. The molecular weight excluding hydrogens is 180 g/mol. The molecule has 0 amide bonds. The van der Waals surface area contributed by atoms with Crippen LogP contribution in [0, 0.1) is 5.92 Å². The van der Waals surface area contributed by atoms with E-state index in [-0.39, 0.29) is 11.7 Å². The van der Waals surface area contributed by atoms with Crippen LogP contribution in [-0.4, -0.2) is 11.5 Å². The first kappa shape index (κ1) is 10.3. The number of carbonyl (C=O) groups excluding carboxylic acids is 1. The average Bonchev–Trinajstić information content (AvgIpc) is 2.15. The van der Waals surface area contributed by atoms with Crippen LogP contribution < -0.4 is 0 Å². The molecular formula is C11H14OS. The van der Waals surface area contributed by atoms with Gasteiger partial charge in [-0.2, -0.15) is 0 Å². The molecule has 0 aliphatic rings. The molecule has 2 heteroatoms. The summed E-state index contributed by atoms with van der Waals surface area (Å²) in [6, 6.07) is 10.2. The van der Waals surface area contributed by atoms with Crippen molar-refractivity contribution in [1.82, 2.24) is 0 Å². The van der Waals surface area contributed by atoms with Gasteiger partial charge in [0.05, 0.1) is 0 Å². The van der Waals surface area contributed by atoms with Gasteiger partial charge in [-0.3, -0.25) is 4.79 Å². The summed E-state index contributed by atoms with van der Waals surface area (Å²) in [5.41, 5.74) is 0. The molecule has 0 spiro atoms. The van der Waals surface area contributed by atoms with Gasteiger partial charge in [-0.15, -0.1) is 11.8 Å². The van der Waals surface area contributed by atoms with Gasteiger partial charge in [-0.1, -0.05) is 25.1 Å². The van der Waals surface area contributed by atoms with Crippen molar-refractivity contribution >= 4 is 17.5 Å². The van der Waals surface area contributed by atoms with Crippen molar-refractivity contribution in [2.24, 2.45) is 5.92 Å². The molecule has 0 fully saturated rings. The molecule has 0 saturated carbocycles. The Morgan fingerprint density at radius 3 is 2.54 bits per heavy atom. The Balaban J connectivity index is 2.39. The van der Waals surface area contributed by atoms with Crippen molar-refractivity contribution in [3.8, 4) is 0 Å². The fraction of sp³-hybridized carbons (Fsp3) is 0.364. The molecule has 0 bridgehead atoms. The second kappa shape index (κ2) is 5.07. The largest absolute Gasteiger partial charge is 0.300 e. The van der Waals surface area contributed by atoms with Crippen LogP contribution in [0.3, 0.4) is 0 Å². The maximum absolute atomic E-state index is 11.0. The lowest BCUT2D eigenvalue weighted by molar-refractivity contribution is -0.119. The molecule has 1 atom stereocenters. The van der Waals surface area contributed by atoms with E-state index in [0.29, 0.717) is 0 Å². The molecule has 1 nitrogen and oxygen atoms in total. The maximum atomic E-state index is 11.0. The van der Waals surface area contributed by atoms with Crippen LogP contribution >= 0.6 is 11.8 Å². The Morgan fingerprint density at radius 1 is 1.38 bits per heavy atom. The second-order valence-electron chi connectivity index (χ2n) is 3.14. The van der Waals surface area contributed by atoms with Crippen LogP contribution in [0.2, 0.25) is 0 Å². The van der Waals surface area contributed by atoms with E-state index in [4.69, 9.17) is 0 Å². The second-order valence-corrected chi connectivity index (χ2v) is 4.23. The lowest BCUT2D eigenvalue weighted by Crippen LogP contribution is -2.08. The SMILES string of the molecule is CC(=O)C(C)CSc1ccccc1. The first-order valence-electron chi connectivity index (χ1n) is 4.38. The minimum atomic E-state index is 0.158. The summed E-state index contributed by atoms with van der Waals surface area (Å²) >= 11 is 1.74. The van der Waals surface area contributed by atoms with Crippen LogP contribution in [0.15, 0.2) is 35.2 Å². The van der Waals surface area contributed by atoms with E-state index in [0.717, 1.165) is 5.75 Å². The number of rotatable bonds is 4. The molecule has 70 valence electrons. The molecule has 0 heterocycles. The van der Waals surface area contributed by atoms with Gasteiger partial charge in [0.25, 0.3) is 0 Å². The molecule has 0 radical (unpaired) electrons. The highest BCUT2D eigenvalue weighted by Crippen LogP contribution is 2.20. The number of ketones is 1. The summed E-state index contributed by atoms with van der Waals surface area (Å²) in [5, 5.41) is 0. The molecule has 1 aromatic rings. The van der Waals surface area contributed by atoms with Crippen molar-refractivity contribution in [3.05, 3.63) is 30.3 Å². The van der Waals surface area contributed by atoms with Gasteiger partial charge in [0.15, 0.2) is 0 Å². The highest BCUT2D eigenvalue weighted by Gasteiger charge is 2.07. The highest BCUT2D eigenvalue weighted by atomic mass is 32.2. The lowest BCUT2D eigenvalue weighted by Gasteiger charge is -2.06. The minimum absolute atomic E-state index is 0.158. The summed E-state index contributed by atoms with van der Waals surface area (Å²) in [4.78, 5) is 12.2. The van der Waals surface area contributed by atoms with E-state index in [1.807, 2.05) is 25.1 Å². The summed E-state index contributed by atoms with van der Waals surface area (Å²) in [5.74, 6) is 1.30. The third-order valence-electron chi connectivity index (χ3n) is 1.94. The Hall–Kier alpha value is -0.760. The average molecular weight is 194 g/mol. The number of benzene rings is 1. The fourth-order valence-electron chi connectivity index (χ4n) is 0.855. The fourth-order valence-corrected chi connectivity index (χ4v) is 1.88. The molecule has 1 unspecified atom stereocenters. The van der Waals surface area contributed by atoms with Gasteiger partial charge >= 0.3 is 0 Å². The van der Waals surface area contributed by atoms with Crippen molar-refractivity contribution in [1.29, 1.82) is 0 Å². The molecule has 13 heavy (non-hydrogen) atoms. The number of thioether (sulfide) groups is 1. The highest BCUT2D eigenvalue weighted by molar-refractivity contribution is 7.99. The Labute approximate surface area is 83.5 Å². The topological polar surface area (TPSA) is 17.1 Å². The van der Waals surface area contributed by atoms with E-state index in [9.17, 15) is 4.79 Å². The van der Waals surface area contributed by atoms with Crippen molar-refractivity contribution in [2.45, 2.75) is 18.7 Å². The molecule has 0 aromatic heterocycles. The van der Waals surface area contributed by atoms with Crippen LogP contribution in [0.1, 0.15) is 13.8 Å². The summed E-state index contributed by atoms with van der Waals surface area (Å²) in [6.45, 7) is 3.62. The van der Waals surface area contributed by atoms with E-state index < -0.39 is 0 Å². The zero-order valence-electron chi connectivity index (χ0n) is 7.99. The molecule has 0 aliphatic carbocycles. The van der Waals surface area contributed by atoms with Gasteiger partial charge in [0.2, 0.25) is 0 Å². The first-order valence-corrected chi connectivity index (χ1v) is 5.37. The van der Waals surface area contributed by atoms with Crippen LogP contribution in [0.25, 0.3) is 0 Å². The zero-order chi connectivity index (χ0) is 9.68. The van der Waals surface area contributed by atoms with Crippen molar-refractivity contribution < 1.29 is 4.79 Å². The standard InChI is InChI=1S/C11H14OS/c1-9(10(2)12)8-13-11-6-4-3-5-7-11/h3-7,9H,8H2,1-2H3. The lowest BCUT2D eigenvalue weighted by atomic mass is 10.1. The molecule has 0 saturated heterocycles. The van der Waals surface area contributed by atoms with Crippen molar-refractivity contribution in [3.63, 3.8) is 0 Å². The summed E-state index contributed by atoms with van der Waals surface area (Å²) < 4.78 is 0. The van der Waals surface area contributed by atoms with E-state index in [1.54, 1.807) is 18.7 Å². The molecule has 1 aromatic carbocycles. The van der Waals surface area contributed by atoms with E-state index in [2.05, 4.69) is 12.1 Å². The predicted molar refractivity (Wildman–Crippen MR) is 57.0 cm³/mol. The third kappa shape index (κ3) is 3.64. The van der Waals surface area contributed by atoms with Gasteiger partial charge in [0.1, 0.15) is 5.78 Å². The number of hydrogen-bond donors (Lipinski definition) is 0.